The fourth-order valence-electron chi connectivity index (χ4n) is 3.16. The number of hydrogen-bond acceptors (Lipinski definition) is 4. The number of carbonyl (C=O) groups excluding carboxylic acids is 4. The molecule has 8 heteroatoms. The second-order valence-corrected chi connectivity index (χ2v) is 7.60. The Morgan fingerprint density at radius 1 is 1.23 bits per heavy atom. The summed E-state index contributed by atoms with van der Waals surface area (Å²) in [7, 11) is 0. The van der Waals surface area contributed by atoms with E-state index in [0.717, 1.165) is 5.56 Å². The monoisotopic (exact) mass is 358 g/mol. The van der Waals surface area contributed by atoms with Gasteiger partial charge in [-0.3, -0.25) is 19.7 Å². The smallest absolute Gasteiger partial charge is 0.319 e. The minimum atomic E-state index is -0.645. The number of rotatable bonds is 2. The Labute approximate surface area is 151 Å². The van der Waals surface area contributed by atoms with Gasteiger partial charge in [-0.05, 0) is 51.0 Å². The number of nitrogens with one attached hydrogen (secondary N) is 3. The van der Waals surface area contributed by atoms with Crippen molar-refractivity contribution in [1.29, 1.82) is 0 Å². The lowest BCUT2D eigenvalue weighted by Gasteiger charge is -2.29. The first-order valence-electron chi connectivity index (χ1n) is 8.51. The van der Waals surface area contributed by atoms with Crippen molar-refractivity contribution >= 4 is 29.4 Å². The lowest BCUT2D eigenvalue weighted by molar-refractivity contribution is -0.136. The van der Waals surface area contributed by atoms with Gasteiger partial charge in [-0.2, -0.15) is 0 Å². The molecule has 0 saturated carbocycles. The topological polar surface area (TPSA) is 108 Å². The molecule has 3 N–H and O–H groups in total. The molecule has 3 rings (SSSR count). The van der Waals surface area contributed by atoms with Crippen molar-refractivity contribution in [3.05, 3.63) is 29.3 Å². The highest BCUT2D eigenvalue weighted by Crippen LogP contribution is 2.29. The normalized spacial score (nSPS) is 19.9. The number of fused-ring (bicyclic) bond motifs is 1. The highest BCUT2D eigenvalue weighted by molar-refractivity contribution is 6.05. The number of nitrogens with zero attached hydrogens (tertiary/aromatic N) is 1. The maximum atomic E-state index is 12.6. The molecule has 0 spiro atoms. The maximum Gasteiger partial charge on any atom is 0.319 e. The molecule has 0 bridgehead atoms. The molecule has 2 heterocycles. The van der Waals surface area contributed by atoms with E-state index in [2.05, 4.69) is 16.0 Å². The van der Waals surface area contributed by atoms with E-state index in [-0.39, 0.29) is 36.3 Å². The highest BCUT2D eigenvalue weighted by Gasteiger charge is 2.39. The van der Waals surface area contributed by atoms with E-state index in [0.29, 0.717) is 17.7 Å². The minimum absolute atomic E-state index is 0.219. The Hall–Kier alpha value is -2.90. The van der Waals surface area contributed by atoms with Crippen LogP contribution in [0.1, 0.15) is 49.5 Å². The Morgan fingerprint density at radius 2 is 1.96 bits per heavy atom. The van der Waals surface area contributed by atoms with Crippen LogP contribution in [0.3, 0.4) is 0 Å². The molecular weight excluding hydrogens is 336 g/mol. The first-order chi connectivity index (χ1) is 12.1. The summed E-state index contributed by atoms with van der Waals surface area (Å²) in [6.45, 7) is 5.92. The second-order valence-electron chi connectivity index (χ2n) is 7.60. The number of anilines is 1. The summed E-state index contributed by atoms with van der Waals surface area (Å²) in [5.74, 6) is -0.989. The molecule has 8 nitrogen and oxygen atoms in total. The van der Waals surface area contributed by atoms with Crippen molar-refractivity contribution in [1.82, 2.24) is 15.5 Å². The number of amides is 5. The van der Waals surface area contributed by atoms with Gasteiger partial charge in [-0.1, -0.05) is 0 Å². The summed E-state index contributed by atoms with van der Waals surface area (Å²) >= 11 is 0. The standard InChI is InChI=1S/C18H22N4O4/c1-18(2,3)21-17(26)19-11-4-5-12-10(8-11)9-22(16(12)25)13-6-7-14(23)20-15(13)24/h4-5,8,13H,6-7,9H2,1-3H3,(H2,19,21,26)(H,20,23,24). The molecule has 0 aliphatic carbocycles. The zero-order valence-corrected chi connectivity index (χ0v) is 15.0. The van der Waals surface area contributed by atoms with E-state index >= 15 is 0 Å². The van der Waals surface area contributed by atoms with Crippen LogP contribution in [-0.2, 0) is 16.1 Å². The van der Waals surface area contributed by atoms with Crippen molar-refractivity contribution < 1.29 is 19.2 Å². The van der Waals surface area contributed by atoms with E-state index in [1.54, 1.807) is 18.2 Å². The molecule has 1 saturated heterocycles. The molecule has 1 atom stereocenters. The Morgan fingerprint density at radius 3 is 2.62 bits per heavy atom. The summed E-state index contributed by atoms with van der Waals surface area (Å²) in [6, 6.07) is 4.07. The zero-order chi connectivity index (χ0) is 19.1. The van der Waals surface area contributed by atoms with Crippen LogP contribution < -0.4 is 16.0 Å². The predicted molar refractivity (Wildman–Crippen MR) is 94.4 cm³/mol. The van der Waals surface area contributed by atoms with Crippen LogP contribution in [0, 0.1) is 0 Å². The lowest BCUT2D eigenvalue weighted by atomic mass is 10.0. The Kier molecular flexibility index (Phi) is 4.43. The third-order valence-corrected chi connectivity index (χ3v) is 4.27. The van der Waals surface area contributed by atoms with Crippen molar-refractivity contribution in [2.24, 2.45) is 0 Å². The number of urea groups is 1. The van der Waals surface area contributed by atoms with E-state index in [4.69, 9.17) is 0 Å². The van der Waals surface area contributed by atoms with Crippen molar-refractivity contribution in [3.63, 3.8) is 0 Å². The largest absolute Gasteiger partial charge is 0.333 e. The predicted octanol–water partition coefficient (Wildman–Crippen LogP) is 1.37. The first-order valence-corrected chi connectivity index (χ1v) is 8.51. The highest BCUT2D eigenvalue weighted by atomic mass is 16.2. The van der Waals surface area contributed by atoms with Crippen LogP contribution in [0.4, 0.5) is 10.5 Å². The summed E-state index contributed by atoms with van der Waals surface area (Å²) in [6.07, 6.45) is 0.541. The number of benzene rings is 1. The second kappa shape index (κ2) is 6.44. The van der Waals surface area contributed by atoms with Crippen LogP contribution >= 0.6 is 0 Å². The number of carbonyl (C=O) groups is 4. The molecule has 138 valence electrons. The minimum Gasteiger partial charge on any atom is -0.333 e. The molecule has 2 aliphatic heterocycles. The lowest BCUT2D eigenvalue weighted by Crippen LogP contribution is -2.52. The van der Waals surface area contributed by atoms with Gasteiger partial charge in [0, 0.05) is 29.8 Å². The summed E-state index contributed by atoms with van der Waals surface area (Å²) in [5.41, 5.74) is 1.47. The molecule has 1 aromatic carbocycles. The van der Waals surface area contributed by atoms with Gasteiger partial charge in [0.1, 0.15) is 6.04 Å². The van der Waals surface area contributed by atoms with E-state index < -0.39 is 11.9 Å². The Bertz CT molecular complexity index is 797. The SMILES string of the molecule is CC(C)(C)NC(=O)Nc1ccc2c(c1)CN(C1CCC(=O)NC1=O)C2=O. The molecule has 0 radical (unpaired) electrons. The third kappa shape index (κ3) is 3.68. The quantitative estimate of drug-likeness (QED) is 0.694. The molecule has 1 unspecified atom stereocenters. The first kappa shape index (κ1) is 17.9. The molecule has 1 fully saturated rings. The van der Waals surface area contributed by atoms with Gasteiger partial charge in [-0.25, -0.2) is 4.79 Å². The van der Waals surface area contributed by atoms with E-state index in [9.17, 15) is 19.2 Å². The van der Waals surface area contributed by atoms with Crippen molar-refractivity contribution in [3.8, 4) is 0 Å². The van der Waals surface area contributed by atoms with Gasteiger partial charge in [0.25, 0.3) is 5.91 Å². The van der Waals surface area contributed by atoms with Crippen LogP contribution in [0.2, 0.25) is 0 Å². The summed E-state index contributed by atoms with van der Waals surface area (Å²) in [4.78, 5) is 49.4. The van der Waals surface area contributed by atoms with Gasteiger partial charge in [-0.15, -0.1) is 0 Å². The fourth-order valence-corrected chi connectivity index (χ4v) is 3.16. The number of piperidine rings is 1. The number of imide groups is 1. The summed E-state index contributed by atoms with van der Waals surface area (Å²) in [5, 5.41) is 7.83. The molecule has 2 aliphatic rings. The fraction of sp³-hybridized carbons (Fsp3) is 0.444. The van der Waals surface area contributed by atoms with Gasteiger partial charge in [0.05, 0.1) is 0 Å². The van der Waals surface area contributed by atoms with Gasteiger partial charge < -0.3 is 15.5 Å². The zero-order valence-electron chi connectivity index (χ0n) is 15.0. The van der Waals surface area contributed by atoms with Crippen LogP contribution in [0.5, 0.6) is 0 Å². The average Bonchev–Trinajstić information content (AvgIpc) is 2.82. The van der Waals surface area contributed by atoms with E-state index in [1.165, 1.54) is 4.90 Å². The summed E-state index contributed by atoms with van der Waals surface area (Å²) < 4.78 is 0. The van der Waals surface area contributed by atoms with Crippen LogP contribution in [0.15, 0.2) is 18.2 Å². The molecule has 26 heavy (non-hydrogen) atoms. The van der Waals surface area contributed by atoms with Gasteiger partial charge in [0.15, 0.2) is 0 Å². The van der Waals surface area contributed by atoms with Crippen molar-refractivity contribution in [2.75, 3.05) is 5.32 Å². The molecule has 5 amide bonds. The van der Waals surface area contributed by atoms with Gasteiger partial charge >= 0.3 is 6.03 Å². The van der Waals surface area contributed by atoms with E-state index in [1.807, 2.05) is 20.8 Å². The average molecular weight is 358 g/mol. The maximum absolute atomic E-state index is 12.6. The Balaban J connectivity index is 1.73. The van der Waals surface area contributed by atoms with Gasteiger partial charge in [0.2, 0.25) is 11.8 Å². The molecule has 0 aromatic heterocycles. The van der Waals surface area contributed by atoms with Crippen LogP contribution in [-0.4, -0.2) is 40.2 Å². The molecular formula is C18H22N4O4. The third-order valence-electron chi connectivity index (χ3n) is 4.27. The van der Waals surface area contributed by atoms with Crippen molar-refractivity contribution in [2.45, 2.75) is 51.7 Å². The number of hydrogen-bond donors (Lipinski definition) is 3. The van der Waals surface area contributed by atoms with Crippen LogP contribution in [0.25, 0.3) is 0 Å². The molecule has 1 aromatic rings.